The third kappa shape index (κ3) is 1.20. The number of hydrogen-bond donors (Lipinski definition) is 1. The Morgan fingerprint density at radius 3 is 3.07 bits per heavy atom. The standard InChI is InChI=1S/C10H11N5/c11-9-8-10(13-5-12-9)15(6-14-8)7-3-1-2-4-7/h1,3,5-7H,2,4H2,(H2,11,12,13)/t7-/m1/s1. The van der Waals surface area contributed by atoms with Crippen LogP contribution in [0.25, 0.3) is 11.2 Å². The minimum Gasteiger partial charge on any atom is -0.382 e. The fourth-order valence-electron chi connectivity index (χ4n) is 1.96. The van der Waals surface area contributed by atoms with Crippen LogP contribution in [0, 0.1) is 0 Å². The second kappa shape index (κ2) is 3.05. The molecule has 0 aromatic carbocycles. The molecule has 0 radical (unpaired) electrons. The SMILES string of the molecule is Nc1ncnc2c1ncn2[C@@H]1C=CCC1. The van der Waals surface area contributed by atoms with E-state index in [4.69, 9.17) is 5.73 Å². The molecule has 0 bridgehead atoms. The van der Waals surface area contributed by atoms with E-state index in [1.54, 1.807) is 6.33 Å². The van der Waals surface area contributed by atoms with Crippen LogP contribution in [-0.4, -0.2) is 19.5 Å². The maximum atomic E-state index is 5.72. The molecule has 2 aromatic heterocycles. The Hall–Kier alpha value is -1.91. The predicted molar refractivity (Wildman–Crippen MR) is 57.1 cm³/mol. The number of hydrogen-bond acceptors (Lipinski definition) is 4. The molecule has 0 fully saturated rings. The van der Waals surface area contributed by atoms with E-state index in [0.717, 1.165) is 18.5 Å². The largest absolute Gasteiger partial charge is 0.382 e. The Morgan fingerprint density at radius 1 is 1.33 bits per heavy atom. The van der Waals surface area contributed by atoms with Crippen LogP contribution in [0.4, 0.5) is 5.82 Å². The maximum absolute atomic E-state index is 5.72. The lowest BCUT2D eigenvalue weighted by Crippen LogP contribution is -2.03. The number of nitrogens with zero attached hydrogens (tertiary/aromatic N) is 4. The van der Waals surface area contributed by atoms with Gasteiger partial charge in [-0.3, -0.25) is 0 Å². The molecule has 1 aliphatic rings. The van der Waals surface area contributed by atoms with Crippen LogP contribution in [0.3, 0.4) is 0 Å². The van der Waals surface area contributed by atoms with Gasteiger partial charge in [-0.1, -0.05) is 12.2 Å². The molecular formula is C10H11N5. The van der Waals surface area contributed by atoms with Crippen molar-refractivity contribution < 1.29 is 0 Å². The van der Waals surface area contributed by atoms with Crippen molar-refractivity contribution in [3.05, 3.63) is 24.8 Å². The first-order chi connectivity index (χ1) is 7.36. The lowest BCUT2D eigenvalue weighted by atomic mass is 10.2. The topological polar surface area (TPSA) is 69.6 Å². The summed E-state index contributed by atoms with van der Waals surface area (Å²) in [4.78, 5) is 12.4. The van der Waals surface area contributed by atoms with Crippen molar-refractivity contribution in [2.75, 3.05) is 5.73 Å². The summed E-state index contributed by atoms with van der Waals surface area (Å²) in [5, 5.41) is 0. The number of aromatic nitrogens is 4. The quantitative estimate of drug-likeness (QED) is 0.706. The smallest absolute Gasteiger partial charge is 0.165 e. The number of imidazole rings is 1. The molecule has 2 N–H and O–H groups in total. The Kier molecular flexibility index (Phi) is 1.71. The fraction of sp³-hybridized carbons (Fsp3) is 0.300. The van der Waals surface area contributed by atoms with Gasteiger partial charge in [-0.2, -0.15) is 0 Å². The van der Waals surface area contributed by atoms with Gasteiger partial charge < -0.3 is 10.3 Å². The number of allylic oxidation sites excluding steroid dienone is 2. The molecule has 0 amide bonds. The van der Waals surface area contributed by atoms with Crippen molar-refractivity contribution >= 4 is 17.0 Å². The van der Waals surface area contributed by atoms with Gasteiger partial charge in [-0.15, -0.1) is 0 Å². The molecule has 76 valence electrons. The predicted octanol–water partition coefficient (Wildman–Crippen LogP) is 1.30. The van der Waals surface area contributed by atoms with Crippen LogP contribution in [0.5, 0.6) is 0 Å². The third-order valence-corrected chi connectivity index (χ3v) is 2.73. The highest BCUT2D eigenvalue weighted by molar-refractivity contribution is 5.81. The molecule has 15 heavy (non-hydrogen) atoms. The first-order valence-corrected chi connectivity index (χ1v) is 4.96. The van der Waals surface area contributed by atoms with E-state index in [2.05, 4.69) is 31.7 Å². The van der Waals surface area contributed by atoms with Crippen LogP contribution >= 0.6 is 0 Å². The van der Waals surface area contributed by atoms with Crippen molar-refractivity contribution in [2.45, 2.75) is 18.9 Å². The Balaban J connectivity index is 2.19. The van der Waals surface area contributed by atoms with Crippen molar-refractivity contribution in [1.29, 1.82) is 0 Å². The molecule has 1 aliphatic carbocycles. The summed E-state index contributed by atoms with van der Waals surface area (Å²) in [7, 11) is 0. The van der Waals surface area contributed by atoms with Gasteiger partial charge in [-0.25, -0.2) is 15.0 Å². The summed E-state index contributed by atoms with van der Waals surface area (Å²) in [6, 6.07) is 0.365. The van der Waals surface area contributed by atoms with Gasteiger partial charge in [-0.05, 0) is 12.8 Å². The third-order valence-electron chi connectivity index (χ3n) is 2.73. The minimum atomic E-state index is 0.365. The normalized spacial score (nSPS) is 20.1. The van der Waals surface area contributed by atoms with Crippen LogP contribution in [0.1, 0.15) is 18.9 Å². The molecule has 5 heteroatoms. The van der Waals surface area contributed by atoms with Crippen molar-refractivity contribution in [2.24, 2.45) is 0 Å². The Bertz CT molecular complexity index is 528. The number of nitrogens with two attached hydrogens (primary N) is 1. The van der Waals surface area contributed by atoms with E-state index >= 15 is 0 Å². The molecular weight excluding hydrogens is 190 g/mol. The number of fused-ring (bicyclic) bond motifs is 1. The van der Waals surface area contributed by atoms with Crippen molar-refractivity contribution in [3.63, 3.8) is 0 Å². The van der Waals surface area contributed by atoms with Gasteiger partial charge in [0.15, 0.2) is 11.5 Å². The van der Waals surface area contributed by atoms with Crippen molar-refractivity contribution in [3.8, 4) is 0 Å². The molecule has 0 saturated carbocycles. The molecule has 1 atom stereocenters. The van der Waals surface area contributed by atoms with Crippen molar-refractivity contribution in [1.82, 2.24) is 19.5 Å². The summed E-state index contributed by atoms with van der Waals surface area (Å²) >= 11 is 0. The summed E-state index contributed by atoms with van der Waals surface area (Å²) in [5.41, 5.74) is 7.23. The molecule has 0 spiro atoms. The Labute approximate surface area is 86.7 Å². The second-order valence-corrected chi connectivity index (χ2v) is 3.66. The molecule has 3 rings (SSSR count). The average molecular weight is 201 g/mol. The number of nitrogen functional groups attached to an aromatic ring is 1. The molecule has 5 nitrogen and oxygen atoms in total. The fourth-order valence-corrected chi connectivity index (χ4v) is 1.96. The van der Waals surface area contributed by atoms with E-state index in [0.29, 0.717) is 17.4 Å². The van der Waals surface area contributed by atoms with E-state index in [-0.39, 0.29) is 0 Å². The molecule has 2 heterocycles. The van der Waals surface area contributed by atoms with Crippen LogP contribution < -0.4 is 5.73 Å². The molecule has 0 saturated heterocycles. The minimum absolute atomic E-state index is 0.365. The molecule has 0 unspecified atom stereocenters. The number of anilines is 1. The van der Waals surface area contributed by atoms with Gasteiger partial charge in [0.05, 0.1) is 12.4 Å². The summed E-state index contributed by atoms with van der Waals surface area (Å²) in [6.45, 7) is 0. The van der Waals surface area contributed by atoms with Crippen LogP contribution in [-0.2, 0) is 0 Å². The monoisotopic (exact) mass is 201 g/mol. The van der Waals surface area contributed by atoms with E-state index in [1.807, 2.05) is 0 Å². The highest BCUT2D eigenvalue weighted by Crippen LogP contribution is 2.26. The second-order valence-electron chi connectivity index (χ2n) is 3.66. The zero-order chi connectivity index (χ0) is 10.3. The van der Waals surface area contributed by atoms with Crippen LogP contribution in [0.2, 0.25) is 0 Å². The van der Waals surface area contributed by atoms with Gasteiger partial charge >= 0.3 is 0 Å². The zero-order valence-corrected chi connectivity index (χ0v) is 8.17. The lowest BCUT2D eigenvalue weighted by Gasteiger charge is -2.09. The summed E-state index contributed by atoms with van der Waals surface area (Å²) in [6.07, 6.45) is 9.85. The lowest BCUT2D eigenvalue weighted by molar-refractivity contribution is 0.601. The first-order valence-electron chi connectivity index (χ1n) is 4.96. The van der Waals surface area contributed by atoms with Gasteiger partial charge in [0.1, 0.15) is 11.8 Å². The first kappa shape index (κ1) is 8.40. The summed E-state index contributed by atoms with van der Waals surface area (Å²) < 4.78 is 2.05. The van der Waals surface area contributed by atoms with E-state index < -0.39 is 0 Å². The highest BCUT2D eigenvalue weighted by atomic mass is 15.1. The van der Waals surface area contributed by atoms with Gasteiger partial charge in [0.25, 0.3) is 0 Å². The molecule has 0 aliphatic heterocycles. The average Bonchev–Trinajstić information content (AvgIpc) is 2.85. The highest BCUT2D eigenvalue weighted by Gasteiger charge is 2.15. The van der Waals surface area contributed by atoms with Gasteiger partial charge in [0, 0.05) is 0 Å². The molecule has 2 aromatic rings. The number of rotatable bonds is 1. The Morgan fingerprint density at radius 2 is 2.27 bits per heavy atom. The maximum Gasteiger partial charge on any atom is 0.165 e. The van der Waals surface area contributed by atoms with E-state index in [1.165, 1.54) is 6.33 Å². The summed E-state index contributed by atoms with van der Waals surface area (Å²) in [5.74, 6) is 0.445. The zero-order valence-electron chi connectivity index (χ0n) is 8.17. The van der Waals surface area contributed by atoms with Crippen LogP contribution in [0.15, 0.2) is 24.8 Å². The van der Waals surface area contributed by atoms with Gasteiger partial charge in [0.2, 0.25) is 0 Å². The van der Waals surface area contributed by atoms with E-state index in [9.17, 15) is 0 Å².